The van der Waals surface area contributed by atoms with Gasteiger partial charge >= 0.3 is 0 Å². The highest BCUT2D eigenvalue weighted by molar-refractivity contribution is 7.15. The summed E-state index contributed by atoms with van der Waals surface area (Å²) in [6, 6.07) is 5.98. The third-order valence-electron chi connectivity index (χ3n) is 4.30. The Hall–Kier alpha value is -1.83. The molecular formula is C17H20FN3O2S. The SMILES string of the molecule is Cc1cnc(NC(=O)CN2CCC(O)(c3ccc(F)cc3)CC2)s1. The van der Waals surface area contributed by atoms with Gasteiger partial charge in [0.1, 0.15) is 5.82 Å². The van der Waals surface area contributed by atoms with Gasteiger partial charge in [0, 0.05) is 24.2 Å². The molecular weight excluding hydrogens is 329 g/mol. The highest BCUT2D eigenvalue weighted by Gasteiger charge is 2.34. The Labute approximate surface area is 144 Å². The Balaban J connectivity index is 1.53. The fourth-order valence-electron chi connectivity index (χ4n) is 2.90. The number of aryl methyl sites for hydroxylation is 1. The number of anilines is 1. The van der Waals surface area contributed by atoms with Crippen LogP contribution in [0.2, 0.25) is 0 Å². The zero-order chi connectivity index (χ0) is 17.2. The van der Waals surface area contributed by atoms with Gasteiger partial charge in [0.2, 0.25) is 5.91 Å². The van der Waals surface area contributed by atoms with Crippen LogP contribution in [-0.4, -0.2) is 40.5 Å². The summed E-state index contributed by atoms with van der Waals surface area (Å²) >= 11 is 1.44. The number of carbonyl (C=O) groups excluding carboxylic acids is 1. The molecule has 5 nitrogen and oxygen atoms in total. The molecule has 0 aliphatic carbocycles. The van der Waals surface area contributed by atoms with Gasteiger partial charge in [-0.3, -0.25) is 9.69 Å². The van der Waals surface area contributed by atoms with Crippen molar-refractivity contribution >= 4 is 22.4 Å². The quantitative estimate of drug-likeness (QED) is 0.890. The number of benzene rings is 1. The van der Waals surface area contributed by atoms with Crippen LogP contribution in [0.5, 0.6) is 0 Å². The van der Waals surface area contributed by atoms with Crippen molar-refractivity contribution in [1.82, 2.24) is 9.88 Å². The third kappa shape index (κ3) is 3.98. The van der Waals surface area contributed by atoms with Gasteiger partial charge in [-0.1, -0.05) is 12.1 Å². The molecule has 1 aromatic carbocycles. The smallest absolute Gasteiger partial charge is 0.240 e. The van der Waals surface area contributed by atoms with E-state index >= 15 is 0 Å². The topological polar surface area (TPSA) is 65.5 Å². The number of amides is 1. The number of nitrogens with one attached hydrogen (secondary N) is 1. The second kappa shape index (κ2) is 6.96. The van der Waals surface area contributed by atoms with Crippen LogP contribution in [0.4, 0.5) is 9.52 Å². The molecule has 1 saturated heterocycles. The van der Waals surface area contributed by atoms with Gasteiger partial charge in [-0.2, -0.15) is 0 Å². The number of aliphatic hydroxyl groups is 1. The van der Waals surface area contributed by atoms with Crippen molar-refractivity contribution < 1.29 is 14.3 Å². The van der Waals surface area contributed by atoms with E-state index in [1.807, 2.05) is 11.8 Å². The Morgan fingerprint density at radius 2 is 2.04 bits per heavy atom. The van der Waals surface area contributed by atoms with E-state index in [1.54, 1.807) is 18.3 Å². The van der Waals surface area contributed by atoms with E-state index in [0.717, 1.165) is 10.4 Å². The number of piperidine rings is 1. The van der Waals surface area contributed by atoms with Gasteiger partial charge in [-0.15, -0.1) is 11.3 Å². The number of thiazole rings is 1. The van der Waals surface area contributed by atoms with Gasteiger partial charge < -0.3 is 10.4 Å². The average Bonchev–Trinajstić information content (AvgIpc) is 2.95. The molecule has 128 valence electrons. The van der Waals surface area contributed by atoms with Crippen molar-refractivity contribution in [2.45, 2.75) is 25.4 Å². The molecule has 0 bridgehead atoms. The molecule has 1 aliphatic heterocycles. The number of likely N-dealkylation sites (tertiary alicyclic amines) is 1. The number of aromatic nitrogens is 1. The molecule has 7 heteroatoms. The monoisotopic (exact) mass is 349 g/mol. The predicted molar refractivity (Wildman–Crippen MR) is 91.5 cm³/mol. The summed E-state index contributed by atoms with van der Waals surface area (Å²) in [6.45, 7) is 3.43. The van der Waals surface area contributed by atoms with E-state index in [2.05, 4.69) is 10.3 Å². The Morgan fingerprint density at radius 3 is 2.62 bits per heavy atom. The molecule has 0 saturated carbocycles. The Kier molecular flexibility index (Phi) is 4.93. The van der Waals surface area contributed by atoms with Crippen molar-refractivity contribution in [2.75, 3.05) is 25.0 Å². The second-order valence-electron chi connectivity index (χ2n) is 6.14. The van der Waals surface area contributed by atoms with Gasteiger partial charge in [0.05, 0.1) is 12.1 Å². The normalized spacial score (nSPS) is 17.6. The molecule has 2 N–H and O–H groups in total. The predicted octanol–water partition coefficient (Wildman–Crippen LogP) is 2.51. The Bertz CT molecular complexity index is 709. The zero-order valence-electron chi connectivity index (χ0n) is 13.5. The molecule has 1 aromatic heterocycles. The van der Waals surface area contributed by atoms with Crippen LogP contribution < -0.4 is 5.32 Å². The lowest BCUT2D eigenvalue weighted by Crippen LogP contribution is -2.45. The number of hydrogen-bond donors (Lipinski definition) is 2. The lowest BCUT2D eigenvalue weighted by Gasteiger charge is -2.38. The van der Waals surface area contributed by atoms with Crippen molar-refractivity contribution in [3.8, 4) is 0 Å². The highest BCUT2D eigenvalue weighted by atomic mass is 32.1. The fourth-order valence-corrected chi connectivity index (χ4v) is 3.58. The lowest BCUT2D eigenvalue weighted by atomic mass is 9.84. The van der Waals surface area contributed by atoms with E-state index in [9.17, 15) is 14.3 Å². The zero-order valence-corrected chi connectivity index (χ0v) is 14.3. The minimum Gasteiger partial charge on any atom is -0.385 e. The van der Waals surface area contributed by atoms with Crippen LogP contribution in [0.25, 0.3) is 0 Å². The maximum Gasteiger partial charge on any atom is 0.240 e. The molecule has 3 rings (SSSR count). The van der Waals surface area contributed by atoms with Gasteiger partial charge in [0.15, 0.2) is 5.13 Å². The van der Waals surface area contributed by atoms with Crippen molar-refractivity contribution in [2.24, 2.45) is 0 Å². The standard InChI is InChI=1S/C17H20FN3O2S/c1-12-10-19-16(24-12)20-15(22)11-21-8-6-17(23,7-9-21)13-2-4-14(18)5-3-13/h2-5,10,23H,6-9,11H2,1H3,(H,19,20,22). The molecule has 1 amide bonds. The summed E-state index contributed by atoms with van der Waals surface area (Å²) in [6.07, 6.45) is 2.76. The first-order valence-electron chi connectivity index (χ1n) is 7.88. The minimum absolute atomic E-state index is 0.100. The molecule has 0 radical (unpaired) electrons. The number of hydrogen-bond acceptors (Lipinski definition) is 5. The van der Waals surface area contributed by atoms with Crippen molar-refractivity contribution in [3.05, 3.63) is 46.7 Å². The fraction of sp³-hybridized carbons (Fsp3) is 0.412. The molecule has 0 spiro atoms. The maximum absolute atomic E-state index is 13.0. The summed E-state index contributed by atoms with van der Waals surface area (Å²) < 4.78 is 13.0. The van der Waals surface area contributed by atoms with Gasteiger partial charge in [0.25, 0.3) is 0 Å². The summed E-state index contributed by atoms with van der Waals surface area (Å²) in [5, 5.41) is 14.2. The van der Waals surface area contributed by atoms with Gasteiger partial charge in [-0.25, -0.2) is 9.37 Å². The van der Waals surface area contributed by atoms with E-state index in [0.29, 0.717) is 31.1 Å². The summed E-state index contributed by atoms with van der Waals surface area (Å²) in [7, 11) is 0. The third-order valence-corrected chi connectivity index (χ3v) is 5.13. The first kappa shape index (κ1) is 17.0. The number of nitrogens with zero attached hydrogens (tertiary/aromatic N) is 2. The summed E-state index contributed by atoms with van der Waals surface area (Å²) in [5.74, 6) is -0.412. The Morgan fingerprint density at radius 1 is 1.38 bits per heavy atom. The number of halogens is 1. The second-order valence-corrected chi connectivity index (χ2v) is 7.37. The summed E-state index contributed by atoms with van der Waals surface area (Å²) in [4.78, 5) is 19.2. The van der Waals surface area contributed by atoms with Crippen LogP contribution in [0, 0.1) is 12.7 Å². The molecule has 2 heterocycles. The van der Waals surface area contributed by atoms with Gasteiger partial charge in [-0.05, 0) is 37.5 Å². The number of rotatable bonds is 4. The minimum atomic E-state index is -0.951. The van der Waals surface area contributed by atoms with E-state index in [1.165, 1.54) is 23.5 Å². The molecule has 0 unspecified atom stereocenters. The average molecular weight is 349 g/mol. The first-order chi connectivity index (χ1) is 11.4. The van der Waals surface area contributed by atoms with Crippen molar-refractivity contribution in [3.63, 3.8) is 0 Å². The molecule has 1 aliphatic rings. The maximum atomic E-state index is 13.0. The van der Waals surface area contributed by atoms with Crippen molar-refractivity contribution in [1.29, 1.82) is 0 Å². The molecule has 24 heavy (non-hydrogen) atoms. The lowest BCUT2D eigenvalue weighted by molar-refractivity contribution is -0.118. The first-order valence-corrected chi connectivity index (χ1v) is 8.69. The molecule has 0 atom stereocenters. The van der Waals surface area contributed by atoms with Crippen LogP contribution in [0.15, 0.2) is 30.5 Å². The number of carbonyl (C=O) groups is 1. The molecule has 2 aromatic rings. The van der Waals surface area contributed by atoms with E-state index in [4.69, 9.17) is 0 Å². The molecule has 1 fully saturated rings. The van der Waals surface area contributed by atoms with Crippen LogP contribution in [0.3, 0.4) is 0 Å². The van der Waals surface area contributed by atoms with E-state index in [-0.39, 0.29) is 18.3 Å². The largest absolute Gasteiger partial charge is 0.385 e. The van der Waals surface area contributed by atoms with Crippen LogP contribution >= 0.6 is 11.3 Å². The summed E-state index contributed by atoms with van der Waals surface area (Å²) in [5.41, 5.74) is -0.223. The highest BCUT2D eigenvalue weighted by Crippen LogP contribution is 2.32. The van der Waals surface area contributed by atoms with Crippen LogP contribution in [-0.2, 0) is 10.4 Å². The van der Waals surface area contributed by atoms with E-state index < -0.39 is 5.60 Å². The van der Waals surface area contributed by atoms with Crippen LogP contribution in [0.1, 0.15) is 23.3 Å².